The average Bonchev–Trinajstić information content (AvgIpc) is 2.41. The number of hydrogen-bond acceptors (Lipinski definition) is 1. The summed E-state index contributed by atoms with van der Waals surface area (Å²) in [5, 5.41) is 0.830. The van der Waals surface area contributed by atoms with Crippen molar-refractivity contribution in [1.82, 2.24) is 0 Å². The fourth-order valence-corrected chi connectivity index (χ4v) is 2.75. The standard InChI is InChI=1S/C18H22ClN/c1-13-7-8-16(18(19)11-13)12-17(20)10-9-15-6-4-3-5-14(15)2/h3-8,11,17H,9-10,12,20H2,1-2H3. The predicted octanol–water partition coefficient (Wildman–Crippen LogP) is 4.46. The Morgan fingerprint density at radius 1 is 1.05 bits per heavy atom. The molecule has 2 N–H and O–H groups in total. The molecule has 0 radical (unpaired) electrons. The molecule has 20 heavy (non-hydrogen) atoms. The van der Waals surface area contributed by atoms with Crippen molar-refractivity contribution < 1.29 is 0 Å². The van der Waals surface area contributed by atoms with Gasteiger partial charge in [0.25, 0.3) is 0 Å². The second kappa shape index (κ2) is 6.92. The van der Waals surface area contributed by atoms with Gasteiger partial charge >= 0.3 is 0 Å². The van der Waals surface area contributed by atoms with E-state index in [2.05, 4.69) is 43.3 Å². The van der Waals surface area contributed by atoms with E-state index in [-0.39, 0.29) is 6.04 Å². The van der Waals surface area contributed by atoms with Gasteiger partial charge in [-0.2, -0.15) is 0 Å². The largest absolute Gasteiger partial charge is 0.327 e. The molecule has 1 unspecified atom stereocenters. The Bertz CT molecular complexity index is 577. The quantitative estimate of drug-likeness (QED) is 0.863. The Kier molecular flexibility index (Phi) is 5.22. The molecule has 0 saturated carbocycles. The minimum absolute atomic E-state index is 0.148. The molecule has 0 heterocycles. The molecule has 0 fully saturated rings. The van der Waals surface area contributed by atoms with Crippen molar-refractivity contribution in [1.29, 1.82) is 0 Å². The third kappa shape index (κ3) is 4.09. The molecular formula is C18H22ClN. The Labute approximate surface area is 126 Å². The van der Waals surface area contributed by atoms with Crippen molar-refractivity contribution in [3.8, 4) is 0 Å². The van der Waals surface area contributed by atoms with Crippen LogP contribution in [0.2, 0.25) is 5.02 Å². The fraction of sp³-hybridized carbons (Fsp3) is 0.333. The van der Waals surface area contributed by atoms with Gasteiger partial charge in [0.05, 0.1) is 0 Å². The van der Waals surface area contributed by atoms with Gasteiger partial charge in [0.15, 0.2) is 0 Å². The van der Waals surface area contributed by atoms with Crippen molar-refractivity contribution in [2.45, 2.75) is 39.2 Å². The zero-order chi connectivity index (χ0) is 14.5. The van der Waals surface area contributed by atoms with Crippen LogP contribution >= 0.6 is 11.6 Å². The van der Waals surface area contributed by atoms with E-state index < -0.39 is 0 Å². The maximum absolute atomic E-state index is 6.26. The Morgan fingerprint density at radius 2 is 1.80 bits per heavy atom. The van der Waals surface area contributed by atoms with Crippen LogP contribution in [0.5, 0.6) is 0 Å². The van der Waals surface area contributed by atoms with Gasteiger partial charge in [-0.3, -0.25) is 0 Å². The summed E-state index contributed by atoms with van der Waals surface area (Å²) in [7, 11) is 0. The van der Waals surface area contributed by atoms with Crippen molar-refractivity contribution in [3.63, 3.8) is 0 Å². The summed E-state index contributed by atoms with van der Waals surface area (Å²) in [6.07, 6.45) is 2.84. The molecule has 2 aromatic rings. The van der Waals surface area contributed by atoms with Crippen molar-refractivity contribution in [2.24, 2.45) is 5.73 Å². The monoisotopic (exact) mass is 287 g/mol. The van der Waals surface area contributed by atoms with Crippen molar-refractivity contribution >= 4 is 11.6 Å². The van der Waals surface area contributed by atoms with Gasteiger partial charge in [-0.15, -0.1) is 0 Å². The summed E-state index contributed by atoms with van der Waals surface area (Å²) >= 11 is 6.26. The molecule has 0 bridgehead atoms. The molecule has 0 aromatic heterocycles. The van der Waals surface area contributed by atoms with Crippen LogP contribution in [0.15, 0.2) is 42.5 Å². The second-order valence-corrected chi connectivity index (χ2v) is 5.93. The molecule has 106 valence electrons. The van der Waals surface area contributed by atoms with E-state index in [1.807, 2.05) is 13.0 Å². The molecule has 2 heteroatoms. The Balaban J connectivity index is 1.92. The highest BCUT2D eigenvalue weighted by atomic mass is 35.5. The molecule has 0 saturated heterocycles. The lowest BCUT2D eigenvalue weighted by Crippen LogP contribution is -2.23. The minimum Gasteiger partial charge on any atom is -0.327 e. The summed E-state index contributed by atoms with van der Waals surface area (Å²) in [5.74, 6) is 0. The summed E-state index contributed by atoms with van der Waals surface area (Å²) in [6, 6.07) is 14.8. The van der Waals surface area contributed by atoms with E-state index in [1.54, 1.807) is 0 Å². The van der Waals surface area contributed by atoms with Gasteiger partial charge in [-0.1, -0.05) is 48.0 Å². The van der Waals surface area contributed by atoms with Crippen LogP contribution < -0.4 is 5.73 Å². The van der Waals surface area contributed by atoms with Crippen LogP contribution in [0.25, 0.3) is 0 Å². The summed E-state index contributed by atoms with van der Waals surface area (Å²) < 4.78 is 0. The molecule has 2 aromatic carbocycles. The molecule has 0 aliphatic heterocycles. The van der Waals surface area contributed by atoms with Crippen LogP contribution in [0.4, 0.5) is 0 Å². The SMILES string of the molecule is Cc1ccc(CC(N)CCc2ccccc2C)c(Cl)c1. The van der Waals surface area contributed by atoms with E-state index in [9.17, 15) is 0 Å². The van der Waals surface area contributed by atoms with Gasteiger partial charge in [0.1, 0.15) is 0 Å². The Hall–Kier alpha value is -1.31. The maximum atomic E-state index is 6.26. The lowest BCUT2D eigenvalue weighted by atomic mass is 9.97. The first-order chi connectivity index (χ1) is 9.56. The van der Waals surface area contributed by atoms with Crippen LogP contribution in [0, 0.1) is 13.8 Å². The number of nitrogens with two attached hydrogens (primary N) is 1. The lowest BCUT2D eigenvalue weighted by molar-refractivity contribution is 0.609. The van der Waals surface area contributed by atoms with E-state index in [0.29, 0.717) is 0 Å². The normalized spacial score (nSPS) is 12.4. The van der Waals surface area contributed by atoms with Gasteiger partial charge < -0.3 is 5.73 Å². The zero-order valence-electron chi connectivity index (χ0n) is 12.2. The van der Waals surface area contributed by atoms with Crippen LogP contribution in [-0.2, 0) is 12.8 Å². The van der Waals surface area contributed by atoms with Gasteiger partial charge in [-0.05, 0) is 61.4 Å². The van der Waals surface area contributed by atoms with Crippen molar-refractivity contribution in [2.75, 3.05) is 0 Å². The lowest BCUT2D eigenvalue weighted by Gasteiger charge is -2.14. The Morgan fingerprint density at radius 3 is 2.50 bits per heavy atom. The molecule has 1 atom stereocenters. The van der Waals surface area contributed by atoms with Crippen LogP contribution in [0.1, 0.15) is 28.7 Å². The molecule has 2 rings (SSSR count). The molecule has 0 aliphatic carbocycles. The summed E-state index contributed by atoms with van der Waals surface area (Å²) in [6.45, 7) is 4.20. The second-order valence-electron chi connectivity index (χ2n) is 5.52. The highest BCUT2D eigenvalue weighted by Gasteiger charge is 2.08. The molecule has 0 aliphatic rings. The number of aryl methyl sites for hydroxylation is 3. The maximum Gasteiger partial charge on any atom is 0.0441 e. The number of benzene rings is 2. The van der Waals surface area contributed by atoms with Gasteiger partial charge in [0.2, 0.25) is 0 Å². The number of halogens is 1. The van der Waals surface area contributed by atoms with Gasteiger partial charge in [-0.25, -0.2) is 0 Å². The molecular weight excluding hydrogens is 266 g/mol. The number of rotatable bonds is 5. The summed E-state index contributed by atoms with van der Waals surface area (Å²) in [4.78, 5) is 0. The molecule has 0 amide bonds. The third-order valence-electron chi connectivity index (χ3n) is 3.74. The third-order valence-corrected chi connectivity index (χ3v) is 4.09. The van der Waals surface area contributed by atoms with E-state index in [0.717, 1.165) is 29.8 Å². The first kappa shape index (κ1) is 15.1. The minimum atomic E-state index is 0.148. The first-order valence-corrected chi connectivity index (χ1v) is 7.49. The van der Waals surface area contributed by atoms with E-state index in [1.165, 1.54) is 16.7 Å². The first-order valence-electron chi connectivity index (χ1n) is 7.11. The highest BCUT2D eigenvalue weighted by molar-refractivity contribution is 6.31. The zero-order valence-corrected chi connectivity index (χ0v) is 13.0. The van der Waals surface area contributed by atoms with E-state index in [4.69, 9.17) is 17.3 Å². The van der Waals surface area contributed by atoms with Crippen LogP contribution in [-0.4, -0.2) is 6.04 Å². The topological polar surface area (TPSA) is 26.0 Å². The summed E-state index contributed by atoms with van der Waals surface area (Å²) in [5.41, 5.74) is 11.3. The average molecular weight is 288 g/mol. The number of hydrogen-bond donors (Lipinski definition) is 1. The van der Waals surface area contributed by atoms with Crippen molar-refractivity contribution in [3.05, 3.63) is 69.7 Å². The molecule has 0 spiro atoms. The highest BCUT2D eigenvalue weighted by Crippen LogP contribution is 2.20. The predicted molar refractivity (Wildman–Crippen MR) is 87.4 cm³/mol. The van der Waals surface area contributed by atoms with Crippen LogP contribution in [0.3, 0.4) is 0 Å². The fourth-order valence-electron chi connectivity index (χ4n) is 2.43. The van der Waals surface area contributed by atoms with E-state index >= 15 is 0 Å². The van der Waals surface area contributed by atoms with Gasteiger partial charge in [0, 0.05) is 11.1 Å². The smallest absolute Gasteiger partial charge is 0.0441 e. The molecule has 1 nitrogen and oxygen atoms in total.